The average Bonchev–Trinajstić information content (AvgIpc) is 3.32. The highest BCUT2D eigenvalue weighted by Gasteiger charge is 2.50. The average molecular weight is 419 g/mol. The number of nitrogens with zero attached hydrogens (tertiary/aromatic N) is 1. The van der Waals surface area contributed by atoms with E-state index in [1.165, 1.54) is 29.2 Å². The fourth-order valence-electron chi connectivity index (χ4n) is 4.03. The van der Waals surface area contributed by atoms with Crippen LogP contribution in [0, 0.1) is 5.82 Å². The van der Waals surface area contributed by atoms with Crippen LogP contribution in [-0.2, 0) is 16.9 Å². The molecule has 3 aromatic carbocycles. The Kier molecular flexibility index (Phi) is 4.48. The SMILES string of the molecule is O=C(CC1(O)C(=O)N(Cc2ccc3c(c2)OCO3)c2ccccc21)c1ccc(F)cc1. The van der Waals surface area contributed by atoms with E-state index in [0.29, 0.717) is 22.7 Å². The Bertz CT molecular complexity index is 1190. The van der Waals surface area contributed by atoms with E-state index in [0.717, 1.165) is 5.56 Å². The van der Waals surface area contributed by atoms with Crippen LogP contribution in [0.25, 0.3) is 0 Å². The molecule has 156 valence electrons. The molecule has 5 rings (SSSR count). The van der Waals surface area contributed by atoms with Crippen LogP contribution >= 0.6 is 0 Å². The van der Waals surface area contributed by atoms with E-state index in [1.807, 2.05) is 6.07 Å². The molecule has 1 unspecified atom stereocenters. The third-order valence-corrected chi connectivity index (χ3v) is 5.60. The molecule has 1 atom stereocenters. The van der Waals surface area contributed by atoms with Crippen molar-refractivity contribution in [1.82, 2.24) is 0 Å². The first-order chi connectivity index (χ1) is 15.0. The van der Waals surface area contributed by atoms with Gasteiger partial charge in [0.2, 0.25) is 6.79 Å². The van der Waals surface area contributed by atoms with Gasteiger partial charge in [-0.25, -0.2) is 4.39 Å². The van der Waals surface area contributed by atoms with Crippen LogP contribution < -0.4 is 14.4 Å². The van der Waals surface area contributed by atoms with Crippen molar-refractivity contribution in [3.63, 3.8) is 0 Å². The van der Waals surface area contributed by atoms with E-state index in [2.05, 4.69) is 0 Å². The van der Waals surface area contributed by atoms with Crippen LogP contribution in [0.4, 0.5) is 10.1 Å². The largest absolute Gasteiger partial charge is 0.454 e. The molecule has 7 heteroatoms. The second-order valence-corrected chi connectivity index (χ2v) is 7.56. The van der Waals surface area contributed by atoms with Gasteiger partial charge in [0.15, 0.2) is 22.9 Å². The molecule has 3 aromatic rings. The smallest absolute Gasteiger partial charge is 0.264 e. The molecule has 0 fully saturated rings. The van der Waals surface area contributed by atoms with Crippen LogP contribution in [0.15, 0.2) is 66.7 Å². The number of benzene rings is 3. The maximum atomic E-state index is 13.4. The van der Waals surface area contributed by atoms with Gasteiger partial charge in [0.25, 0.3) is 5.91 Å². The van der Waals surface area contributed by atoms with E-state index >= 15 is 0 Å². The molecule has 0 bridgehead atoms. The first-order valence-electron chi connectivity index (χ1n) is 9.77. The fourth-order valence-corrected chi connectivity index (χ4v) is 4.03. The summed E-state index contributed by atoms with van der Waals surface area (Å²) in [6, 6.07) is 17.3. The topological polar surface area (TPSA) is 76.1 Å². The van der Waals surface area contributed by atoms with E-state index in [9.17, 15) is 19.1 Å². The summed E-state index contributed by atoms with van der Waals surface area (Å²) >= 11 is 0. The molecule has 2 aliphatic rings. The van der Waals surface area contributed by atoms with Crippen molar-refractivity contribution in [2.45, 2.75) is 18.6 Å². The van der Waals surface area contributed by atoms with Crippen LogP contribution in [0.2, 0.25) is 0 Å². The van der Waals surface area contributed by atoms with Crippen LogP contribution in [0.3, 0.4) is 0 Å². The molecule has 0 radical (unpaired) electrons. The van der Waals surface area contributed by atoms with Crippen molar-refractivity contribution >= 4 is 17.4 Å². The Morgan fingerprint density at radius 3 is 2.58 bits per heavy atom. The summed E-state index contributed by atoms with van der Waals surface area (Å²) in [6.45, 7) is 0.342. The first kappa shape index (κ1) is 19.3. The van der Waals surface area contributed by atoms with Gasteiger partial charge in [-0.3, -0.25) is 9.59 Å². The molecular weight excluding hydrogens is 401 g/mol. The number of carbonyl (C=O) groups is 2. The predicted octanol–water partition coefficient (Wildman–Crippen LogP) is 3.56. The Labute approximate surface area is 177 Å². The summed E-state index contributed by atoms with van der Waals surface area (Å²) in [4.78, 5) is 27.6. The van der Waals surface area contributed by atoms with Gasteiger partial charge in [0.05, 0.1) is 18.7 Å². The highest BCUT2D eigenvalue weighted by Crippen LogP contribution is 2.44. The minimum Gasteiger partial charge on any atom is -0.454 e. The zero-order valence-corrected chi connectivity index (χ0v) is 16.4. The Morgan fingerprint density at radius 2 is 1.77 bits per heavy atom. The Hall–Kier alpha value is -3.71. The summed E-state index contributed by atoms with van der Waals surface area (Å²) < 4.78 is 23.9. The number of amides is 1. The van der Waals surface area contributed by atoms with Gasteiger partial charge in [-0.05, 0) is 48.0 Å². The molecular formula is C24H18FNO5. The summed E-state index contributed by atoms with van der Waals surface area (Å²) in [6.07, 6.45) is -0.438. The monoisotopic (exact) mass is 419 g/mol. The number of Topliss-reactive ketones (excluding diaryl/α,β-unsaturated/α-hetero) is 1. The van der Waals surface area contributed by atoms with Crippen molar-refractivity contribution in [1.29, 1.82) is 0 Å². The van der Waals surface area contributed by atoms with Gasteiger partial charge < -0.3 is 19.5 Å². The maximum absolute atomic E-state index is 13.4. The molecule has 1 amide bonds. The number of rotatable bonds is 5. The molecule has 2 heterocycles. The molecule has 31 heavy (non-hydrogen) atoms. The highest BCUT2D eigenvalue weighted by atomic mass is 19.1. The van der Waals surface area contributed by atoms with Gasteiger partial charge >= 0.3 is 0 Å². The lowest BCUT2D eigenvalue weighted by molar-refractivity contribution is -0.136. The number of hydrogen-bond acceptors (Lipinski definition) is 5. The summed E-state index contributed by atoms with van der Waals surface area (Å²) in [5.74, 6) is -0.262. The Balaban J connectivity index is 1.46. The number of ketones is 1. The normalized spacial score (nSPS) is 18.9. The lowest BCUT2D eigenvalue weighted by Gasteiger charge is -2.23. The molecule has 0 spiro atoms. The molecule has 0 saturated carbocycles. The van der Waals surface area contributed by atoms with Crippen molar-refractivity contribution in [2.75, 3.05) is 11.7 Å². The van der Waals surface area contributed by atoms with E-state index in [-0.39, 0.29) is 18.9 Å². The number of fused-ring (bicyclic) bond motifs is 2. The molecule has 2 aliphatic heterocycles. The molecule has 0 aromatic heterocycles. The Morgan fingerprint density at radius 1 is 1.03 bits per heavy atom. The lowest BCUT2D eigenvalue weighted by Crippen LogP contribution is -2.41. The summed E-state index contributed by atoms with van der Waals surface area (Å²) in [5.41, 5.74) is -0.0649. The number of anilines is 1. The van der Waals surface area contributed by atoms with Gasteiger partial charge in [-0.15, -0.1) is 0 Å². The van der Waals surface area contributed by atoms with Crippen molar-refractivity contribution in [3.8, 4) is 11.5 Å². The predicted molar refractivity (Wildman–Crippen MR) is 109 cm³/mol. The number of aliphatic hydroxyl groups is 1. The number of hydrogen-bond donors (Lipinski definition) is 1. The molecule has 1 N–H and O–H groups in total. The number of halogens is 1. The highest BCUT2D eigenvalue weighted by molar-refractivity contribution is 6.10. The van der Waals surface area contributed by atoms with Crippen molar-refractivity contribution in [3.05, 3.63) is 89.2 Å². The van der Waals surface area contributed by atoms with Crippen molar-refractivity contribution in [2.24, 2.45) is 0 Å². The van der Waals surface area contributed by atoms with E-state index in [1.54, 1.807) is 36.4 Å². The van der Waals surface area contributed by atoms with Gasteiger partial charge in [0.1, 0.15) is 5.82 Å². The third kappa shape index (κ3) is 3.23. The molecule has 0 saturated heterocycles. The second-order valence-electron chi connectivity index (χ2n) is 7.56. The number of carbonyl (C=O) groups excluding carboxylic acids is 2. The first-order valence-corrected chi connectivity index (χ1v) is 9.77. The zero-order valence-electron chi connectivity index (χ0n) is 16.4. The molecule has 6 nitrogen and oxygen atoms in total. The standard InChI is InChI=1S/C24H18FNO5/c25-17-8-6-16(7-9-17)20(27)12-24(29)18-3-1-2-4-19(18)26(23(24)28)13-15-5-10-21-22(11-15)31-14-30-21/h1-11,29H,12-14H2. The van der Waals surface area contributed by atoms with Gasteiger partial charge in [-0.2, -0.15) is 0 Å². The quantitative estimate of drug-likeness (QED) is 0.640. The van der Waals surface area contributed by atoms with Crippen LogP contribution in [0.5, 0.6) is 11.5 Å². The third-order valence-electron chi connectivity index (χ3n) is 5.60. The molecule has 0 aliphatic carbocycles. The van der Waals surface area contributed by atoms with Gasteiger partial charge in [0, 0.05) is 11.1 Å². The second kappa shape index (κ2) is 7.21. The number of ether oxygens (including phenoxy) is 2. The van der Waals surface area contributed by atoms with E-state index < -0.39 is 29.5 Å². The zero-order chi connectivity index (χ0) is 21.6. The maximum Gasteiger partial charge on any atom is 0.264 e. The van der Waals surface area contributed by atoms with Crippen LogP contribution in [-0.4, -0.2) is 23.6 Å². The lowest BCUT2D eigenvalue weighted by atomic mass is 9.88. The van der Waals surface area contributed by atoms with Crippen molar-refractivity contribution < 1.29 is 28.6 Å². The summed E-state index contributed by atoms with van der Waals surface area (Å²) in [5, 5.41) is 11.4. The fraction of sp³-hybridized carbons (Fsp3) is 0.167. The van der Waals surface area contributed by atoms with E-state index in [4.69, 9.17) is 9.47 Å². The van der Waals surface area contributed by atoms with Crippen LogP contribution in [0.1, 0.15) is 27.9 Å². The number of para-hydroxylation sites is 1. The summed E-state index contributed by atoms with van der Waals surface area (Å²) in [7, 11) is 0. The minimum atomic E-state index is -2.00. The minimum absolute atomic E-state index is 0.148. The van der Waals surface area contributed by atoms with Gasteiger partial charge in [-0.1, -0.05) is 24.3 Å².